The molecule has 3 aliphatic rings. The summed E-state index contributed by atoms with van der Waals surface area (Å²) in [5.41, 5.74) is 2.45. The molecule has 0 aliphatic carbocycles. The van der Waals surface area contributed by atoms with Gasteiger partial charge in [0, 0.05) is 13.1 Å². The van der Waals surface area contributed by atoms with E-state index in [0.717, 1.165) is 25.9 Å². The Morgan fingerprint density at radius 2 is 2.05 bits per heavy atom. The molecule has 110 valence electrons. The largest absolute Gasteiger partial charge is 0.452 e. The third-order valence-electron chi connectivity index (χ3n) is 4.69. The van der Waals surface area contributed by atoms with E-state index < -0.39 is 6.10 Å². The van der Waals surface area contributed by atoms with E-state index >= 15 is 0 Å². The predicted octanol–water partition coefficient (Wildman–Crippen LogP) is 1.81. The van der Waals surface area contributed by atoms with Crippen molar-refractivity contribution in [2.45, 2.75) is 38.1 Å². The molecule has 4 rings (SSSR count). The number of aliphatic imine (C=N–C) groups is 1. The van der Waals surface area contributed by atoms with Gasteiger partial charge in [-0.1, -0.05) is 24.3 Å². The minimum Gasteiger partial charge on any atom is -0.452 e. The summed E-state index contributed by atoms with van der Waals surface area (Å²) < 4.78 is 11.6. The molecule has 3 aliphatic heterocycles. The number of rotatable bonds is 0. The maximum atomic E-state index is 11.5. The maximum absolute atomic E-state index is 11.5. The summed E-state index contributed by atoms with van der Waals surface area (Å²) in [6.45, 7) is 4.03. The molecule has 5 heteroatoms. The Bertz CT molecular complexity index is 618. The highest BCUT2D eigenvalue weighted by Crippen LogP contribution is 2.44. The monoisotopic (exact) mass is 286 g/mol. The fourth-order valence-electron chi connectivity index (χ4n) is 3.42. The Balaban J connectivity index is 1.51. The lowest BCUT2D eigenvalue weighted by Gasteiger charge is -2.39. The number of benzene rings is 1. The molecule has 0 unspecified atom stereocenters. The molecule has 0 bridgehead atoms. The molecule has 0 aromatic heterocycles. The fourth-order valence-corrected chi connectivity index (χ4v) is 3.42. The summed E-state index contributed by atoms with van der Waals surface area (Å²) in [6, 6.07) is 8.93. The van der Waals surface area contributed by atoms with Crippen LogP contribution < -0.4 is 0 Å². The number of hydrogen-bond donors (Lipinski definition) is 0. The van der Waals surface area contributed by atoms with Crippen LogP contribution in [0.4, 0.5) is 0 Å². The quantitative estimate of drug-likeness (QED) is 0.730. The van der Waals surface area contributed by atoms with E-state index in [1.807, 2.05) is 0 Å². The summed E-state index contributed by atoms with van der Waals surface area (Å²) >= 11 is 0. The van der Waals surface area contributed by atoms with Crippen LogP contribution in [0.3, 0.4) is 0 Å². The van der Waals surface area contributed by atoms with E-state index in [-0.39, 0.29) is 11.5 Å². The van der Waals surface area contributed by atoms with Gasteiger partial charge in [0.25, 0.3) is 11.9 Å². The molecule has 0 radical (unpaired) electrons. The van der Waals surface area contributed by atoms with Gasteiger partial charge in [0.05, 0.1) is 12.2 Å². The first-order valence-corrected chi connectivity index (χ1v) is 7.44. The van der Waals surface area contributed by atoms with Crippen LogP contribution in [0, 0.1) is 0 Å². The van der Waals surface area contributed by atoms with Crippen molar-refractivity contribution in [2.75, 3.05) is 13.1 Å². The van der Waals surface area contributed by atoms with Gasteiger partial charge in [-0.15, -0.1) is 0 Å². The smallest absolute Gasteiger partial charge is 0.296 e. The van der Waals surface area contributed by atoms with Gasteiger partial charge >= 0.3 is 0 Å². The second kappa shape index (κ2) is 4.56. The molecule has 0 N–H and O–H groups in total. The summed E-state index contributed by atoms with van der Waals surface area (Å²) in [5, 5.41) is 0. The molecule has 0 saturated carbocycles. The number of carbonyl (C=O) groups is 1. The van der Waals surface area contributed by atoms with Crippen molar-refractivity contribution in [3.8, 4) is 0 Å². The van der Waals surface area contributed by atoms with E-state index in [0.29, 0.717) is 12.6 Å². The Labute approximate surface area is 123 Å². The number of nitrogens with zero attached hydrogens (tertiary/aromatic N) is 2. The maximum Gasteiger partial charge on any atom is 0.296 e. The molecule has 1 atom stereocenters. The molecule has 3 heterocycles. The van der Waals surface area contributed by atoms with Gasteiger partial charge in [-0.25, -0.2) is 0 Å². The van der Waals surface area contributed by atoms with Crippen LogP contribution in [0.5, 0.6) is 0 Å². The van der Waals surface area contributed by atoms with Gasteiger partial charge < -0.3 is 14.4 Å². The number of amidine groups is 1. The fraction of sp³-hybridized carbons (Fsp3) is 0.500. The van der Waals surface area contributed by atoms with E-state index in [1.165, 1.54) is 11.1 Å². The number of hydrogen-bond acceptors (Lipinski definition) is 4. The van der Waals surface area contributed by atoms with E-state index in [4.69, 9.17) is 9.47 Å². The number of ether oxygens (including phenoxy) is 2. The van der Waals surface area contributed by atoms with Crippen LogP contribution in [0.2, 0.25) is 0 Å². The summed E-state index contributed by atoms with van der Waals surface area (Å²) in [7, 11) is 0. The third kappa shape index (κ3) is 1.95. The lowest BCUT2D eigenvalue weighted by molar-refractivity contribution is -0.122. The topological polar surface area (TPSA) is 51.1 Å². The van der Waals surface area contributed by atoms with Crippen molar-refractivity contribution in [1.29, 1.82) is 0 Å². The Hall–Kier alpha value is -1.88. The minimum absolute atomic E-state index is 0.165. The molecule has 1 spiro atoms. The highest BCUT2D eigenvalue weighted by Gasteiger charge is 2.43. The first kappa shape index (κ1) is 12.8. The van der Waals surface area contributed by atoms with E-state index in [1.54, 1.807) is 6.92 Å². The Morgan fingerprint density at radius 3 is 2.76 bits per heavy atom. The second-order valence-corrected chi connectivity index (χ2v) is 5.92. The minimum atomic E-state index is -0.445. The number of fused-ring (bicyclic) bond motifs is 2. The van der Waals surface area contributed by atoms with E-state index in [9.17, 15) is 4.79 Å². The Morgan fingerprint density at radius 1 is 1.29 bits per heavy atom. The second-order valence-electron chi connectivity index (χ2n) is 5.92. The van der Waals surface area contributed by atoms with Crippen molar-refractivity contribution in [3.63, 3.8) is 0 Å². The van der Waals surface area contributed by atoms with Gasteiger partial charge in [-0.3, -0.25) is 4.79 Å². The van der Waals surface area contributed by atoms with Gasteiger partial charge in [-0.05, 0) is 30.9 Å². The van der Waals surface area contributed by atoms with Crippen molar-refractivity contribution in [3.05, 3.63) is 35.4 Å². The number of piperidine rings is 1. The van der Waals surface area contributed by atoms with Crippen LogP contribution >= 0.6 is 0 Å². The predicted molar refractivity (Wildman–Crippen MR) is 76.7 cm³/mol. The van der Waals surface area contributed by atoms with Crippen LogP contribution in [-0.4, -0.2) is 36.0 Å². The molecule has 1 aromatic carbocycles. The normalized spacial score (nSPS) is 26.7. The zero-order valence-electron chi connectivity index (χ0n) is 12.0. The van der Waals surface area contributed by atoms with Gasteiger partial charge in [-0.2, -0.15) is 4.99 Å². The molecule has 5 nitrogen and oxygen atoms in total. The summed E-state index contributed by atoms with van der Waals surface area (Å²) in [5.74, 6) is -0.187. The average Bonchev–Trinajstić information content (AvgIpc) is 3.03. The van der Waals surface area contributed by atoms with Crippen LogP contribution in [0.25, 0.3) is 0 Å². The van der Waals surface area contributed by atoms with Gasteiger partial charge in [0.15, 0.2) is 6.10 Å². The first-order valence-electron chi connectivity index (χ1n) is 7.44. The molecule has 1 saturated heterocycles. The SMILES string of the molecule is C[C@@H]1OC(N2CCC3(CC2)OCc2ccccc23)=NC1=O. The number of carbonyl (C=O) groups excluding carboxylic acids is 1. The molecule has 1 fully saturated rings. The molecule has 21 heavy (non-hydrogen) atoms. The highest BCUT2D eigenvalue weighted by atomic mass is 16.5. The van der Waals surface area contributed by atoms with Crippen molar-refractivity contribution in [1.82, 2.24) is 4.90 Å². The van der Waals surface area contributed by atoms with Crippen molar-refractivity contribution in [2.24, 2.45) is 4.99 Å². The highest BCUT2D eigenvalue weighted by molar-refractivity contribution is 5.98. The zero-order chi connectivity index (χ0) is 14.4. The zero-order valence-corrected chi connectivity index (χ0v) is 12.0. The summed E-state index contributed by atoms with van der Waals surface area (Å²) in [4.78, 5) is 17.5. The average molecular weight is 286 g/mol. The first-order chi connectivity index (χ1) is 10.2. The lowest BCUT2D eigenvalue weighted by Crippen LogP contribution is -2.45. The van der Waals surface area contributed by atoms with Gasteiger partial charge in [0.1, 0.15) is 0 Å². The molecular weight excluding hydrogens is 268 g/mol. The molecule has 1 amide bonds. The summed E-state index contributed by atoms with van der Waals surface area (Å²) in [6.07, 6.45) is 1.35. The van der Waals surface area contributed by atoms with Crippen LogP contribution in [-0.2, 0) is 26.5 Å². The lowest BCUT2D eigenvalue weighted by atomic mass is 9.84. The Kier molecular flexibility index (Phi) is 2.79. The van der Waals surface area contributed by atoms with Crippen molar-refractivity contribution < 1.29 is 14.3 Å². The molecular formula is C16H18N2O3. The van der Waals surface area contributed by atoms with Crippen molar-refractivity contribution >= 4 is 11.9 Å². The third-order valence-corrected chi connectivity index (χ3v) is 4.69. The van der Waals surface area contributed by atoms with E-state index in [2.05, 4.69) is 34.2 Å². The number of amides is 1. The van der Waals surface area contributed by atoms with Crippen LogP contribution in [0.1, 0.15) is 30.9 Å². The van der Waals surface area contributed by atoms with Gasteiger partial charge in [0.2, 0.25) is 0 Å². The standard InChI is InChI=1S/C16H18N2O3/c1-11-14(19)17-15(21-11)18-8-6-16(7-9-18)13-5-3-2-4-12(13)10-20-16/h2-5,11H,6-10H2,1H3/t11-/m0/s1. The van der Waals surface area contributed by atoms with Crippen LogP contribution in [0.15, 0.2) is 29.3 Å². The number of likely N-dealkylation sites (tertiary alicyclic amines) is 1. The molecule has 1 aromatic rings.